The largest absolute Gasteiger partial charge is 0.296 e. The molecule has 160 valence electrons. The Kier molecular flexibility index (Phi) is 3.55. The molecule has 5 aliphatic carbocycles. The van der Waals surface area contributed by atoms with Crippen LogP contribution in [-0.4, -0.2) is 23.6 Å². The molecule has 6 heteroatoms. The van der Waals surface area contributed by atoms with Crippen molar-refractivity contribution in [2.24, 2.45) is 71.0 Å². The van der Waals surface area contributed by atoms with E-state index in [4.69, 9.17) is 0 Å². The fourth-order valence-corrected chi connectivity index (χ4v) is 10.3. The van der Waals surface area contributed by atoms with Gasteiger partial charge in [0, 0.05) is 23.7 Å². The summed E-state index contributed by atoms with van der Waals surface area (Å²) in [5.74, 6) is 3.69. The standard InChI is InChI=1S/C24H30N2O4/c27-21-13-5-1-9-10-2-6-15-20-16(24(30)26-23(15)29)8-4-12(18(10)20)11-3-7-14(22(28)25-21)19(13)17(9)11/h9-20H,1-8H2,(H,25,27,28)(H,26,29,30). The summed E-state index contributed by atoms with van der Waals surface area (Å²) in [4.78, 5) is 50.7. The minimum atomic E-state index is -0.0237. The second kappa shape index (κ2) is 5.95. The first-order chi connectivity index (χ1) is 14.5. The Labute approximate surface area is 176 Å². The highest BCUT2D eigenvalue weighted by Gasteiger charge is 2.66. The Balaban J connectivity index is 1.31. The van der Waals surface area contributed by atoms with Gasteiger partial charge in [-0.25, -0.2) is 0 Å². The predicted molar refractivity (Wildman–Crippen MR) is 105 cm³/mol. The molecule has 0 bridgehead atoms. The molecule has 0 radical (unpaired) electrons. The van der Waals surface area contributed by atoms with Gasteiger partial charge in [0.25, 0.3) is 0 Å². The normalized spacial score (nSPS) is 55.7. The molecule has 4 amide bonds. The number of rotatable bonds is 0. The van der Waals surface area contributed by atoms with Crippen LogP contribution in [0, 0.1) is 71.0 Å². The van der Waals surface area contributed by atoms with Crippen molar-refractivity contribution in [3.8, 4) is 0 Å². The van der Waals surface area contributed by atoms with E-state index < -0.39 is 0 Å². The number of nitrogens with one attached hydrogen (secondary N) is 2. The third-order valence-corrected chi connectivity index (χ3v) is 10.9. The zero-order valence-corrected chi connectivity index (χ0v) is 17.2. The minimum Gasteiger partial charge on any atom is -0.296 e. The van der Waals surface area contributed by atoms with Crippen molar-refractivity contribution in [1.82, 2.24) is 10.6 Å². The zero-order valence-electron chi connectivity index (χ0n) is 17.2. The number of amides is 4. The maximum atomic E-state index is 12.7. The maximum Gasteiger partial charge on any atom is 0.229 e. The van der Waals surface area contributed by atoms with Crippen LogP contribution in [-0.2, 0) is 19.2 Å². The van der Waals surface area contributed by atoms with E-state index in [1.807, 2.05) is 0 Å². The molecule has 8 atom stereocenters. The van der Waals surface area contributed by atoms with E-state index in [0.29, 0.717) is 35.5 Å². The van der Waals surface area contributed by atoms with Crippen molar-refractivity contribution in [3.63, 3.8) is 0 Å². The van der Waals surface area contributed by atoms with Crippen LogP contribution >= 0.6 is 0 Å². The molecule has 0 aromatic heterocycles. The Bertz CT molecular complexity index is 735. The van der Waals surface area contributed by atoms with Crippen molar-refractivity contribution in [2.75, 3.05) is 0 Å². The molecule has 7 rings (SSSR count). The lowest BCUT2D eigenvalue weighted by Crippen LogP contribution is -2.67. The molecule has 30 heavy (non-hydrogen) atoms. The molecule has 8 unspecified atom stereocenters. The summed E-state index contributed by atoms with van der Waals surface area (Å²) in [5.41, 5.74) is 0. The smallest absolute Gasteiger partial charge is 0.229 e. The van der Waals surface area contributed by atoms with E-state index >= 15 is 0 Å². The van der Waals surface area contributed by atoms with Gasteiger partial charge < -0.3 is 0 Å². The highest BCUT2D eigenvalue weighted by molar-refractivity contribution is 6.01. The third-order valence-electron chi connectivity index (χ3n) is 10.9. The fraction of sp³-hybridized carbons (Fsp3) is 0.833. The van der Waals surface area contributed by atoms with E-state index in [2.05, 4.69) is 10.6 Å². The monoisotopic (exact) mass is 410 g/mol. The van der Waals surface area contributed by atoms with Crippen LogP contribution < -0.4 is 10.6 Å². The zero-order chi connectivity index (χ0) is 20.3. The molecular formula is C24H30N2O4. The van der Waals surface area contributed by atoms with Gasteiger partial charge in [0.1, 0.15) is 0 Å². The lowest BCUT2D eigenvalue weighted by Gasteiger charge is -2.67. The Morgan fingerprint density at radius 1 is 0.400 bits per heavy atom. The topological polar surface area (TPSA) is 92.3 Å². The fourth-order valence-electron chi connectivity index (χ4n) is 10.3. The number of fused-ring (bicyclic) bond motifs is 2. The van der Waals surface area contributed by atoms with Gasteiger partial charge in [-0.2, -0.15) is 0 Å². The average Bonchev–Trinajstić information content (AvgIpc) is 2.74. The summed E-state index contributed by atoms with van der Waals surface area (Å²) in [5, 5.41) is 5.35. The SMILES string of the molecule is O=C1NC(=O)C2CCC3C4CCC5C(=O)NC(=O)C6CCC(C7CCC1C2C73)C4C65. The van der Waals surface area contributed by atoms with Crippen LogP contribution in [0.5, 0.6) is 0 Å². The van der Waals surface area contributed by atoms with Gasteiger partial charge in [0.05, 0.1) is 0 Å². The van der Waals surface area contributed by atoms with Crippen LogP contribution in [0.1, 0.15) is 51.4 Å². The molecule has 5 saturated carbocycles. The van der Waals surface area contributed by atoms with Crippen molar-refractivity contribution in [2.45, 2.75) is 51.4 Å². The number of imide groups is 2. The van der Waals surface area contributed by atoms with Crippen molar-refractivity contribution < 1.29 is 19.2 Å². The van der Waals surface area contributed by atoms with Gasteiger partial charge in [-0.15, -0.1) is 0 Å². The quantitative estimate of drug-likeness (QED) is 0.597. The summed E-state index contributed by atoms with van der Waals surface area (Å²) in [6.45, 7) is 0. The number of hydrogen-bond donors (Lipinski definition) is 2. The molecule has 6 nitrogen and oxygen atoms in total. The van der Waals surface area contributed by atoms with Gasteiger partial charge in [-0.3, -0.25) is 29.8 Å². The highest BCUT2D eigenvalue weighted by atomic mass is 16.2. The Hall–Kier alpha value is -1.72. The average molecular weight is 411 g/mol. The summed E-state index contributed by atoms with van der Waals surface area (Å²) in [6.07, 6.45) is 7.91. The molecular weight excluding hydrogens is 380 g/mol. The van der Waals surface area contributed by atoms with E-state index in [1.54, 1.807) is 0 Å². The van der Waals surface area contributed by atoms with Gasteiger partial charge in [-0.1, -0.05) is 0 Å². The molecule has 0 aromatic rings. The summed E-state index contributed by atoms with van der Waals surface area (Å²) >= 11 is 0. The Morgan fingerprint density at radius 2 is 0.667 bits per heavy atom. The molecule has 0 spiro atoms. The maximum absolute atomic E-state index is 12.7. The van der Waals surface area contributed by atoms with Gasteiger partial charge in [0.15, 0.2) is 0 Å². The second-order valence-corrected chi connectivity index (χ2v) is 11.4. The third kappa shape index (κ3) is 2.06. The van der Waals surface area contributed by atoms with Gasteiger partial charge >= 0.3 is 0 Å². The number of piperidine rings is 2. The molecule has 2 aliphatic heterocycles. The van der Waals surface area contributed by atoms with Gasteiger partial charge in [0.2, 0.25) is 23.6 Å². The van der Waals surface area contributed by atoms with E-state index in [1.165, 1.54) is 0 Å². The van der Waals surface area contributed by atoms with Crippen LogP contribution in [0.3, 0.4) is 0 Å². The highest BCUT2D eigenvalue weighted by Crippen LogP contribution is 2.68. The van der Waals surface area contributed by atoms with Crippen molar-refractivity contribution >= 4 is 23.6 Å². The van der Waals surface area contributed by atoms with Gasteiger partial charge in [-0.05, 0) is 98.7 Å². The first-order valence-corrected chi connectivity index (χ1v) is 12.2. The van der Waals surface area contributed by atoms with Crippen LogP contribution in [0.15, 0.2) is 0 Å². The second-order valence-electron chi connectivity index (χ2n) is 11.4. The number of carbonyl (C=O) groups excluding carboxylic acids is 4. The van der Waals surface area contributed by atoms with E-state index in [-0.39, 0.29) is 59.1 Å². The lowest BCUT2D eigenvalue weighted by molar-refractivity contribution is -0.199. The van der Waals surface area contributed by atoms with E-state index in [9.17, 15) is 19.2 Å². The van der Waals surface area contributed by atoms with Crippen LogP contribution in [0.4, 0.5) is 0 Å². The predicted octanol–water partition coefficient (Wildman–Crippen LogP) is 1.88. The Morgan fingerprint density at radius 3 is 0.933 bits per heavy atom. The summed E-state index contributed by atoms with van der Waals surface area (Å²) in [7, 11) is 0. The lowest BCUT2D eigenvalue weighted by atomic mass is 9.38. The van der Waals surface area contributed by atoms with Crippen LogP contribution in [0.2, 0.25) is 0 Å². The molecule has 2 N–H and O–H groups in total. The molecule has 2 heterocycles. The molecule has 0 aromatic carbocycles. The molecule has 2 saturated heterocycles. The first-order valence-electron chi connectivity index (χ1n) is 12.2. The molecule has 7 aliphatic rings. The minimum absolute atomic E-state index is 0.0167. The molecule has 7 fully saturated rings. The number of carbonyl (C=O) groups is 4. The number of hydrogen-bond acceptors (Lipinski definition) is 4. The van der Waals surface area contributed by atoms with Crippen molar-refractivity contribution in [3.05, 3.63) is 0 Å². The summed E-state index contributed by atoms with van der Waals surface area (Å²) < 4.78 is 0. The summed E-state index contributed by atoms with van der Waals surface area (Å²) in [6, 6.07) is 0. The first kappa shape index (κ1) is 17.9. The van der Waals surface area contributed by atoms with E-state index in [0.717, 1.165) is 51.4 Å². The van der Waals surface area contributed by atoms with Crippen molar-refractivity contribution in [1.29, 1.82) is 0 Å². The van der Waals surface area contributed by atoms with Crippen LogP contribution in [0.25, 0.3) is 0 Å².